The first-order valence-electron chi connectivity index (χ1n) is 12.8. The zero-order valence-electron chi connectivity index (χ0n) is 20.6. The topological polar surface area (TPSA) is 40.5 Å². The summed E-state index contributed by atoms with van der Waals surface area (Å²) in [5.41, 5.74) is -1.32. The number of rotatable bonds is 4. The second kappa shape index (κ2) is 7.73. The number of halogens is 3. The molecular formula is C27H43F3O2. The van der Waals surface area contributed by atoms with Crippen LogP contribution < -0.4 is 0 Å². The average Bonchev–Trinajstić information content (AvgIpc) is 3.03. The monoisotopic (exact) mass is 456 g/mol. The summed E-state index contributed by atoms with van der Waals surface area (Å²) in [6.07, 6.45) is 6.52. The first-order chi connectivity index (χ1) is 14.6. The van der Waals surface area contributed by atoms with Crippen LogP contribution in [0.1, 0.15) is 98.8 Å². The Bertz CT molecular complexity index is 754. The Morgan fingerprint density at radius 3 is 2.41 bits per heavy atom. The Kier molecular flexibility index (Phi) is 5.94. The number of fused-ring (bicyclic) bond motifs is 5. The Labute approximate surface area is 192 Å². The van der Waals surface area contributed by atoms with Crippen molar-refractivity contribution in [3.8, 4) is 0 Å². The predicted molar refractivity (Wildman–Crippen MR) is 121 cm³/mol. The molecule has 1 unspecified atom stereocenters. The normalized spacial score (nSPS) is 47.0. The lowest BCUT2D eigenvalue weighted by Crippen LogP contribution is -2.52. The van der Waals surface area contributed by atoms with Gasteiger partial charge in [-0.3, -0.25) is 0 Å². The molecule has 2 N–H and O–H groups in total. The third kappa shape index (κ3) is 3.87. The fourth-order valence-corrected chi connectivity index (χ4v) is 8.63. The molecule has 4 aliphatic rings. The minimum atomic E-state index is -4.57. The highest BCUT2D eigenvalue weighted by atomic mass is 19.4. The minimum absolute atomic E-state index is 0.186. The van der Waals surface area contributed by atoms with Crippen LogP contribution in [0, 0.1) is 40.4 Å². The van der Waals surface area contributed by atoms with Crippen LogP contribution in [0.15, 0.2) is 11.6 Å². The van der Waals surface area contributed by atoms with Crippen LogP contribution in [-0.4, -0.2) is 27.6 Å². The van der Waals surface area contributed by atoms with Crippen molar-refractivity contribution in [1.82, 2.24) is 0 Å². The van der Waals surface area contributed by atoms with Crippen LogP contribution in [0.2, 0.25) is 0 Å². The molecule has 0 saturated heterocycles. The molecule has 0 aliphatic heterocycles. The molecule has 0 bridgehead atoms. The van der Waals surface area contributed by atoms with Gasteiger partial charge in [0.2, 0.25) is 0 Å². The lowest BCUT2D eigenvalue weighted by atomic mass is 9.46. The smallest absolute Gasteiger partial charge is 0.390 e. The van der Waals surface area contributed by atoms with Crippen molar-refractivity contribution in [2.45, 2.75) is 116 Å². The fraction of sp³-hybridized carbons (Fsp3) is 0.926. The highest BCUT2D eigenvalue weighted by Gasteiger charge is 2.60. The number of allylic oxidation sites excluding steroid dienone is 1. The second-order valence-corrected chi connectivity index (χ2v) is 12.9. The van der Waals surface area contributed by atoms with E-state index >= 15 is 0 Å². The molecule has 4 rings (SSSR count). The Balaban J connectivity index is 1.49. The molecule has 184 valence electrons. The molecule has 2 nitrogen and oxygen atoms in total. The van der Waals surface area contributed by atoms with E-state index in [4.69, 9.17) is 0 Å². The molecule has 5 heteroatoms. The largest absolute Gasteiger partial charge is 0.416 e. The first kappa shape index (κ1) is 24.6. The van der Waals surface area contributed by atoms with E-state index in [1.165, 1.54) is 18.4 Å². The van der Waals surface area contributed by atoms with Gasteiger partial charge in [0, 0.05) is 0 Å². The molecule has 32 heavy (non-hydrogen) atoms. The van der Waals surface area contributed by atoms with Crippen molar-refractivity contribution < 1.29 is 23.4 Å². The number of aliphatic hydroxyl groups is 2. The van der Waals surface area contributed by atoms with Crippen LogP contribution in [-0.2, 0) is 0 Å². The molecule has 0 amide bonds. The van der Waals surface area contributed by atoms with Crippen LogP contribution in [0.3, 0.4) is 0 Å². The standard InChI is InChI=1S/C27H43F3O2/c1-17(10-13-26(5,32)27(28,29)30)20-8-9-21-19-7-6-18-16-23(2,31)14-15-24(18,3)22(19)11-12-25(20,21)4/h6,17,19-22,31-32H,7-16H2,1-5H3/t17-,19+,20-,21+,22+,23+,24+,25-,26?/m1/s1. The first-order valence-corrected chi connectivity index (χ1v) is 12.8. The molecule has 3 fully saturated rings. The van der Waals surface area contributed by atoms with Crippen molar-refractivity contribution in [2.24, 2.45) is 40.4 Å². The van der Waals surface area contributed by atoms with Gasteiger partial charge in [0.05, 0.1) is 5.60 Å². The van der Waals surface area contributed by atoms with E-state index in [0.717, 1.165) is 45.4 Å². The number of hydrogen-bond donors (Lipinski definition) is 2. The van der Waals surface area contributed by atoms with Crippen LogP contribution >= 0.6 is 0 Å². The van der Waals surface area contributed by atoms with E-state index in [2.05, 4.69) is 26.8 Å². The van der Waals surface area contributed by atoms with Gasteiger partial charge in [-0.25, -0.2) is 0 Å². The molecule has 0 aromatic rings. The molecule has 0 radical (unpaired) electrons. The van der Waals surface area contributed by atoms with E-state index in [-0.39, 0.29) is 23.2 Å². The third-order valence-corrected chi connectivity index (χ3v) is 10.8. The van der Waals surface area contributed by atoms with Crippen molar-refractivity contribution in [3.63, 3.8) is 0 Å². The SMILES string of the molecule is C[C@H](CCC(C)(O)C(F)(F)F)[C@H]1CC[C@H]2[C@@H]3CC=C4C[C@@](C)(O)CC[C@]4(C)[C@H]3CC[C@]12C. The minimum Gasteiger partial charge on any atom is -0.390 e. The molecule has 4 aliphatic carbocycles. The van der Waals surface area contributed by atoms with Crippen molar-refractivity contribution in [2.75, 3.05) is 0 Å². The van der Waals surface area contributed by atoms with Gasteiger partial charge in [-0.05, 0) is 118 Å². The quantitative estimate of drug-likeness (QED) is 0.445. The van der Waals surface area contributed by atoms with Gasteiger partial charge in [0.15, 0.2) is 5.60 Å². The molecule has 9 atom stereocenters. The Hall–Kier alpha value is -0.550. The van der Waals surface area contributed by atoms with Gasteiger partial charge in [-0.15, -0.1) is 0 Å². The summed E-state index contributed by atoms with van der Waals surface area (Å²) in [7, 11) is 0. The highest BCUT2D eigenvalue weighted by molar-refractivity contribution is 5.26. The predicted octanol–water partition coefficient (Wildman–Crippen LogP) is 7.05. The summed E-state index contributed by atoms with van der Waals surface area (Å²) >= 11 is 0. The summed E-state index contributed by atoms with van der Waals surface area (Å²) in [5.74, 6) is 2.57. The fourth-order valence-electron chi connectivity index (χ4n) is 8.63. The van der Waals surface area contributed by atoms with Gasteiger partial charge in [0.25, 0.3) is 0 Å². The summed E-state index contributed by atoms with van der Waals surface area (Å²) in [6.45, 7) is 9.84. The summed E-state index contributed by atoms with van der Waals surface area (Å²) in [5, 5.41) is 20.6. The van der Waals surface area contributed by atoms with Crippen molar-refractivity contribution >= 4 is 0 Å². The van der Waals surface area contributed by atoms with E-state index in [9.17, 15) is 23.4 Å². The molecule has 3 saturated carbocycles. The summed E-state index contributed by atoms with van der Waals surface area (Å²) < 4.78 is 39.4. The maximum absolute atomic E-state index is 13.1. The molecule has 0 aromatic heterocycles. The molecule has 0 spiro atoms. The van der Waals surface area contributed by atoms with Crippen LogP contribution in [0.4, 0.5) is 13.2 Å². The van der Waals surface area contributed by atoms with Crippen molar-refractivity contribution in [1.29, 1.82) is 0 Å². The van der Waals surface area contributed by atoms with Gasteiger partial charge < -0.3 is 10.2 Å². The second-order valence-electron chi connectivity index (χ2n) is 12.9. The molecular weight excluding hydrogens is 413 g/mol. The Morgan fingerprint density at radius 1 is 1.06 bits per heavy atom. The van der Waals surface area contributed by atoms with Crippen molar-refractivity contribution in [3.05, 3.63) is 11.6 Å². The summed E-state index contributed by atoms with van der Waals surface area (Å²) in [4.78, 5) is 0. The van der Waals surface area contributed by atoms with E-state index in [0.29, 0.717) is 30.1 Å². The van der Waals surface area contributed by atoms with Gasteiger partial charge in [-0.1, -0.05) is 32.4 Å². The van der Waals surface area contributed by atoms with E-state index < -0.39 is 17.4 Å². The lowest BCUT2D eigenvalue weighted by molar-refractivity contribution is -0.256. The van der Waals surface area contributed by atoms with Crippen LogP contribution in [0.5, 0.6) is 0 Å². The summed E-state index contributed by atoms with van der Waals surface area (Å²) in [6, 6.07) is 0. The van der Waals surface area contributed by atoms with Gasteiger partial charge in [0.1, 0.15) is 0 Å². The van der Waals surface area contributed by atoms with E-state index in [1.54, 1.807) is 0 Å². The highest BCUT2D eigenvalue weighted by Crippen LogP contribution is 2.67. The molecule has 0 heterocycles. The maximum Gasteiger partial charge on any atom is 0.416 e. The zero-order valence-corrected chi connectivity index (χ0v) is 20.6. The van der Waals surface area contributed by atoms with Gasteiger partial charge >= 0.3 is 6.18 Å². The molecule has 0 aromatic carbocycles. The maximum atomic E-state index is 13.1. The Morgan fingerprint density at radius 2 is 1.75 bits per heavy atom. The van der Waals surface area contributed by atoms with E-state index in [1.807, 2.05) is 6.92 Å². The number of hydrogen-bond acceptors (Lipinski definition) is 2. The van der Waals surface area contributed by atoms with Crippen LogP contribution in [0.25, 0.3) is 0 Å². The zero-order chi connectivity index (χ0) is 23.7. The van der Waals surface area contributed by atoms with Gasteiger partial charge in [-0.2, -0.15) is 13.2 Å². The third-order valence-electron chi connectivity index (χ3n) is 10.8. The lowest BCUT2D eigenvalue weighted by Gasteiger charge is -2.59. The number of alkyl halides is 3. The average molecular weight is 457 g/mol.